The SMILES string of the molecule is COc1ccc(/C=N/NC(=O)C(C)Sc2n[nH]c(=O)[nH]c2=O)cc1. The second-order valence-corrected chi connectivity index (χ2v) is 5.91. The van der Waals surface area contributed by atoms with Gasteiger partial charge in [0.15, 0.2) is 5.03 Å². The Morgan fingerprint density at radius 1 is 1.38 bits per heavy atom. The van der Waals surface area contributed by atoms with Crippen LogP contribution in [0, 0.1) is 0 Å². The number of amides is 1. The molecule has 9 nitrogen and oxygen atoms in total. The largest absolute Gasteiger partial charge is 0.497 e. The molecule has 3 N–H and O–H groups in total. The number of nitrogens with one attached hydrogen (secondary N) is 3. The molecule has 2 aromatic rings. The van der Waals surface area contributed by atoms with Crippen molar-refractivity contribution in [1.82, 2.24) is 20.6 Å². The average Bonchev–Trinajstić information content (AvgIpc) is 2.57. The number of thioether (sulfide) groups is 1. The minimum absolute atomic E-state index is 0.00335. The molecule has 1 aromatic heterocycles. The molecule has 1 atom stereocenters. The lowest BCUT2D eigenvalue weighted by Gasteiger charge is -2.07. The van der Waals surface area contributed by atoms with Gasteiger partial charge in [-0.25, -0.2) is 15.3 Å². The van der Waals surface area contributed by atoms with E-state index < -0.39 is 22.4 Å². The monoisotopic (exact) mass is 349 g/mol. The molecule has 1 unspecified atom stereocenters. The summed E-state index contributed by atoms with van der Waals surface area (Å²) in [4.78, 5) is 36.4. The number of aromatic amines is 2. The predicted molar refractivity (Wildman–Crippen MR) is 89.5 cm³/mol. The molecule has 0 saturated carbocycles. The summed E-state index contributed by atoms with van der Waals surface area (Å²) in [6, 6.07) is 7.12. The lowest BCUT2D eigenvalue weighted by atomic mass is 10.2. The van der Waals surface area contributed by atoms with Gasteiger partial charge in [0.1, 0.15) is 5.75 Å². The minimum Gasteiger partial charge on any atom is -0.497 e. The molecular formula is C14H15N5O4S. The van der Waals surface area contributed by atoms with Crippen LogP contribution in [0.25, 0.3) is 0 Å². The smallest absolute Gasteiger partial charge is 0.342 e. The standard InChI is InChI=1S/C14H15N5O4S/c1-8(24-13-12(21)16-14(22)19-18-13)11(20)17-15-7-9-3-5-10(23-2)6-4-9/h3-8H,1-2H3,(H,17,20)(H2,16,19,21,22)/b15-7+. The number of ether oxygens (including phenoxy) is 1. The number of hydrazone groups is 1. The number of rotatable bonds is 6. The maximum Gasteiger partial charge on any atom is 0.342 e. The number of H-pyrrole nitrogens is 2. The summed E-state index contributed by atoms with van der Waals surface area (Å²) in [7, 11) is 1.57. The minimum atomic E-state index is -0.703. The normalized spacial score (nSPS) is 12.1. The summed E-state index contributed by atoms with van der Waals surface area (Å²) >= 11 is 0.911. The number of hydrogen-bond donors (Lipinski definition) is 3. The molecule has 0 aliphatic rings. The Bertz CT molecular complexity index is 843. The van der Waals surface area contributed by atoms with Gasteiger partial charge in [-0.15, -0.1) is 0 Å². The average molecular weight is 349 g/mol. The van der Waals surface area contributed by atoms with Gasteiger partial charge in [-0.2, -0.15) is 10.2 Å². The first-order chi connectivity index (χ1) is 11.5. The van der Waals surface area contributed by atoms with E-state index in [1.54, 1.807) is 38.3 Å². The summed E-state index contributed by atoms with van der Waals surface area (Å²) < 4.78 is 5.04. The van der Waals surface area contributed by atoms with Crippen molar-refractivity contribution in [2.45, 2.75) is 17.2 Å². The Kier molecular flexibility index (Phi) is 5.90. The fourth-order valence-corrected chi connectivity index (χ4v) is 2.34. The summed E-state index contributed by atoms with van der Waals surface area (Å²) in [5.74, 6) is 0.317. The third-order valence-electron chi connectivity index (χ3n) is 2.84. The molecule has 10 heteroatoms. The number of methoxy groups -OCH3 is 1. The van der Waals surface area contributed by atoms with E-state index in [0.29, 0.717) is 0 Å². The van der Waals surface area contributed by atoms with Crippen molar-refractivity contribution in [3.63, 3.8) is 0 Å². The van der Waals surface area contributed by atoms with Gasteiger partial charge < -0.3 is 4.74 Å². The van der Waals surface area contributed by atoms with Crippen molar-refractivity contribution < 1.29 is 9.53 Å². The molecule has 1 amide bonds. The molecule has 0 fully saturated rings. The number of benzene rings is 1. The fourth-order valence-electron chi connectivity index (χ4n) is 1.59. The first-order valence-electron chi connectivity index (χ1n) is 6.82. The number of nitrogens with zero attached hydrogens (tertiary/aromatic N) is 2. The van der Waals surface area contributed by atoms with Crippen LogP contribution in [-0.2, 0) is 4.79 Å². The van der Waals surface area contributed by atoms with E-state index in [-0.39, 0.29) is 5.03 Å². The second-order valence-electron chi connectivity index (χ2n) is 4.58. The van der Waals surface area contributed by atoms with E-state index in [9.17, 15) is 14.4 Å². The zero-order valence-electron chi connectivity index (χ0n) is 12.9. The van der Waals surface area contributed by atoms with Crippen molar-refractivity contribution in [3.8, 4) is 5.75 Å². The van der Waals surface area contributed by atoms with Gasteiger partial charge in [-0.1, -0.05) is 11.8 Å². The Morgan fingerprint density at radius 3 is 2.71 bits per heavy atom. The van der Waals surface area contributed by atoms with Gasteiger partial charge in [0.05, 0.1) is 18.6 Å². The van der Waals surface area contributed by atoms with Crippen LogP contribution in [0.3, 0.4) is 0 Å². The van der Waals surface area contributed by atoms with E-state index in [0.717, 1.165) is 23.1 Å². The summed E-state index contributed by atoms with van der Waals surface area (Å²) in [6.45, 7) is 1.59. The fraction of sp³-hybridized carbons (Fsp3) is 0.214. The highest BCUT2D eigenvalue weighted by molar-refractivity contribution is 8.00. The van der Waals surface area contributed by atoms with Crippen molar-refractivity contribution in [2.24, 2.45) is 5.10 Å². The maximum absolute atomic E-state index is 11.9. The van der Waals surface area contributed by atoms with Crippen LogP contribution in [0.2, 0.25) is 0 Å². The van der Waals surface area contributed by atoms with E-state index in [1.807, 2.05) is 4.98 Å². The van der Waals surface area contributed by atoms with Gasteiger partial charge in [-0.05, 0) is 36.8 Å². The zero-order valence-corrected chi connectivity index (χ0v) is 13.7. The van der Waals surface area contributed by atoms with Crippen molar-refractivity contribution in [2.75, 3.05) is 7.11 Å². The van der Waals surface area contributed by atoms with Crippen LogP contribution in [0.15, 0.2) is 44.0 Å². The van der Waals surface area contributed by atoms with Crippen LogP contribution in [0.5, 0.6) is 5.75 Å². The maximum atomic E-state index is 11.9. The molecular weight excluding hydrogens is 334 g/mol. The van der Waals surface area contributed by atoms with Crippen LogP contribution in [0.4, 0.5) is 0 Å². The molecule has 0 aliphatic carbocycles. The van der Waals surface area contributed by atoms with Gasteiger partial charge in [0.2, 0.25) is 0 Å². The van der Waals surface area contributed by atoms with Gasteiger partial charge in [0, 0.05) is 0 Å². The van der Waals surface area contributed by atoms with Crippen LogP contribution in [0.1, 0.15) is 12.5 Å². The zero-order chi connectivity index (χ0) is 17.5. The highest BCUT2D eigenvalue weighted by atomic mass is 32.2. The molecule has 0 spiro atoms. The highest BCUT2D eigenvalue weighted by Gasteiger charge is 2.16. The summed E-state index contributed by atoms with van der Waals surface area (Å²) in [5, 5.41) is 8.92. The first kappa shape index (κ1) is 17.5. The van der Waals surface area contributed by atoms with Crippen molar-refractivity contribution in [3.05, 3.63) is 50.7 Å². The molecule has 0 bridgehead atoms. The van der Waals surface area contributed by atoms with E-state index in [1.165, 1.54) is 6.21 Å². The van der Waals surface area contributed by atoms with E-state index in [4.69, 9.17) is 4.74 Å². The quantitative estimate of drug-likeness (QED) is 0.385. The Balaban J connectivity index is 1.92. The van der Waals surface area contributed by atoms with Crippen LogP contribution >= 0.6 is 11.8 Å². The van der Waals surface area contributed by atoms with Gasteiger partial charge in [0.25, 0.3) is 11.5 Å². The predicted octanol–water partition coefficient (Wildman–Crippen LogP) is 0.0977. The summed E-state index contributed by atoms with van der Waals surface area (Å²) in [5.41, 5.74) is 1.81. The van der Waals surface area contributed by atoms with Gasteiger partial charge >= 0.3 is 5.69 Å². The lowest BCUT2D eigenvalue weighted by molar-refractivity contribution is -0.120. The molecule has 0 radical (unpaired) electrons. The number of hydrogen-bond acceptors (Lipinski definition) is 7. The van der Waals surface area contributed by atoms with Crippen molar-refractivity contribution in [1.29, 1.82) is 0 Å². The molecule has 1 aromatic carbocycles. The molecule has 126 valence electrons. The van der Waals surface area contributed by atoms with Crippen molar-refractivity contribution >= 4 is 23.9 Å². The first-order valence-corrected chi connectivity index (χ1v) is 7.70. The Morgan fingerprint density at radius 2 is 2.08 bits per heavy atom. The van der Waals surface area contributed by atoms with E-state index in [2.05, 4.69) is 20.7 Å². The molecule has 24 heavy (non-hydrogen) atoms. The topological polar surface area (TPSA) is 129 Å². The third-order valence-corrected chi connectivity index (χ3v) is 3.91. The van der Waals surface area contributed by atoms with Crippen LogP contribution in [-0.4, -0.2) is 39.7 Å². The second kappa shape index (κ2) is 8.11. The number of aromatic nitrogens is 3. The summed E-state index contributed by atoms with van der Waals surface area (Å²) in [6.07, 6.45) is 1.49. The number of carbonyl (C=O) groups is 1. The molecule has 0 saturated heterocycles. The Hall–Kier alpha value is -2.88. The van der Waals surface area contributed by atoms with Crippen LogP contribution < -0.4 is 21.4 Å². The Labute approximate surface area is 140 Å². The molecule has 1 heterocycles. The molecule has 2 rings (SSSR count). The highest BCUT2D eigenvalue weighted by Crippen LogP contribution is 2.16. The van der Waals surface area contributed by atoms with E-state index >= 15 is 0 Å². The molecule has 0 aliphatic heterocycles. The third kappa shape index (κ3) is 4.81. The lowest BCUT2D eigenvalue weighted by Crippen LogP contribution is -2.30. The van der Waals surface area contributed by atoms with Gasteiger partial charge in [-0.3, -0.25) is 14.6 Å². The number of carbonyl (C=O) groups excluding carboxylic acids is 1.